The lowest BCUT2D eigenvalue weighted by Gasteiger charge is -2.24. The van der Waals surface area contributed by atoms with Crippen LogP contribution in [0.15, 0.2) is 72.9 Å². The van der Waals surface area contributed by atoms with Gasteiger partial charge in [0.05, 0.1) is 11.9 Å². The number of aromatic nitrogens is 1. The second-order valence-electron chi connectivity index (χ2n) is 8.54. The summed E-state index contributed by atoms with van der Waals surface area (Å²) in [6, 6.07) is 22.2. The van der Waals surface area contributed by atoms with E-state index in [0.717, 1.165) is 74.8 Å². The number of hydrogen-bond donors (Lipinski definition) is 2. The standard InChI is InChI=1S/C29H32N4OS/c1-3-8-21-11-7-12-22(9-4-2)27(21)33(29(31)34)26-19-32-28(35-26)23-16-14-20(15-17-23)25-13-6-5-10-24(25)18-30/h5-7,10-17,19H,3-4,8-9,18,30H2,1-2H3,(H2,31,34). The molecule has 3 aromatic carbocycles. The van der Waals surface area contributed by atoms with Crippen molar-refractivity contribution in [3.8, 4) is 21.7 Å². The number of amides is 2. The van der Waals surface area contributed by atoms with Gasteiger partial charge in [0, 0.05) is 12.1 Å². The maximum atomic E-state index is 12.7. The number of hydrogen-bond acceptors (Lipinski definition) is 4. The van der Waals surface area contributed by atoms with Gasteiger partial charge in [-0.2, -0.15) is 0 Å². The summed E-state index contributed by atoms with van der Waals surface area (Å²) in [7, 11) is 0. The molecule has 2 amide bonds. The lowest BCUT2D eigenvalue weighted by Crippen LogP contribution is -2.32. The molecular formula is C29H32N4OS. The van der Waals surface area contributed by atoms with Gasteiger partial charge in [-0.3, -0.25) is 4.90 Å². The molecule has 0 radical (unpaired) electrons. The van der Waals surface area contributed by atoms with E-state index in [-0.39, 0.29) is 0 Å². The number of benzene rings is 3. The first-order valence-corrected chi connectivity index (χ1v) is 12.9. The molecule has 1 aromatic heterocycles. The zero-order chi connectivity index (χ0) is 24.8. The monoisotopic (exact) mass is 484 g/mol. The SMILES string of the molecule is CCCc1cccc(CCC)c1N(C(N)=O)c1cnc(-c2ccc(-c3ccccc3CN)cc2)s1. The number of rotatable bonds is 9. The summed E-state index contributed by atoms with van der Waals surface area (Å²) in [4.78, 5) is 19.0. The van der Waals surface area contributed by atoms with E-state index in [1.807, 2.05) is 12.1 Å². The summed E-state index contributed by atoms with van der Waals surface area (Å²) < 4.78 is 0. The molecule has 0 atom stereocenters. The Morgan fingerprint density at radius 1 is 0.857 bits per heavy atom. The first-order valence-electron chi connectivity index (χ1n) is 12.1. The molecule has 0 fully saturated rings. The van der Waals surface area contributed by atoms with Gasteiger partial charge in [0.1, 0.15) is 10.0 Å². The van der Waals surface area contributed by atoms with E-state index in [2.05, 4.69) is 73.4 Å². The number of carbonyl (C=O) groups is 1. The molecular weight excluding hydrogens is 452 g/mol. The first kappa shape index (κ1) is 24.6. The molecule has 0 aliphatic carbocycles. The third-order valence-corrected chi connectivity index (χ3v) is 7.11. The predicted octanol–water partition coefficient (Wildman–Crippen LogP) is 7.06. The van der Waals surface area contributed by atoms with Crippen molar-refractivity contribution in [2.24, 2.45) is 11.5 Å². The average Bonchev–Trinajstić information content (AvgIpc) is 3.35. The number of urea groups is 1. The van der Waals surface area contributed by atoms with Gasteiger partial charge in [-0.05, 0) is 40.7 Å². The van der Waals surface area contributed by atoms with E-state index < -0.39 is 6.03 Å². The first-order chi connectivity index (χ1) is 17.1. The Hall–Kier alpha value is -3.48. The van der Waals surface area contributed by atoms with Gasteiger partial charge in [0.25, 0.3) is 0 Å². The van der Waals surface area contributed by atoms with Crippen molar-refractivity contribution in [2.45, 2.75) is 46.1 Å². The summed E-state index contributed by atoms with van der Waals surface area (Å²) in [6.45, 7) is 4.78. The van der Waals surface area contributed by atoms with Crippen LogP contribution >= 0.6 is 11.3 Å². The van der Waals surface area contributed by atoms with E-state index >= 15 is 0 Å². The van der Waals surface area contributed by atoms with E-state index in [0.29, 0.717) is 6.54 Å². The lowest BCUT2D eigenvalue weighted by atomic mass is 9.99. The highest BCUT2D eigenvalue weighted by Crippen LogP contribution is 2.39. The Morgan fingerprint density at radius 2 is 1.46 bits per heavy atom. The van der Waals surface area contributed by atoms with Crippen molar-refractivity contribution in [3.05, 3.63) is 89.6 Å². The van der Waals surface area contributed by atoms with Crippen LogP contribution in [0.5, 0.6) is 0 Å². The smallest absolute Gasteiger partial charge is 0.324 e. The molecule has 1 heterocycles. The fraction of sp³-hybridized carbons (Fsp3) is 0.241. The third kappa shape index (κ3) is 5.29. The Kier molecular flexibility index (Phi) is 7.95. The van der Waals surface area contributed by atoms with E-state index in [4.69, 9.17) is 11.5 Å². The van der Waals surface area contributed by atoms with Gasteiger partial charge in [0.2, 0.25) is 0 Å². The topological polar surface area (TPSA) is 85.2 Å². The maximum absolute atomic E-state index is 12.7. The van der Waals surface area contributed by atoms with Crippen molar-refractivity contribution in [3.63, 3.8) is 0 Å². The molecule has 0 aliphatic heterocycles. The second-order valence-corrected chi connectivity index (χ2v) is 9.55. The predicted molar refractivity (Wildman–Crippen MR) is 147 cm³/mol. The minimum Gasteiger partial charge on any atom is -0.351 e. The van der Waals surface area contributed by atoms with Crippen LogP contribution in [-0.2, 0) is 19.4 Å². The van der Waals surface area contributed by atoms with E-state index in [9.17, 15) is 4.79 Å². The molecule has 4 N–H and O–H groups in total. The van der Waals surface area contributed by atoms with E-state index in [1.54, 1.807) is 11.1 Å². The minimum absolute atomic E-state index is 0.491. The highest BCUT2D eigenvalue weighted by atomic mass is 32.1. The molecule has 35 heavy (non-hydrogen) atoms. The number of nitrogens with zero attached hydrogens (tertiary/aromatic N) is 2. The van der Waals surface area contributed by atoms with Crippen molar-refractivity contribution in [1.29, 1.82) is 0 Å². The Bertz CT molecular complexity index is 1270. The number of anilines is 2. The van der Waals surface area contributed by atoms with Crippen LogP contribution in [0.25, 0.3) is 21.7 Å². The fourth-order valence-corrected chi connectivity index (χ4v) is 5.41. The Labute approximate surface area is 211 Å². The molecule has 4 aromatic rings. The Balaban J connectivity index is 1.70. The van der Waals surface area contributed by atoms with Gasteiger partial charge in [0.15, 0.2) is 0 Å². The summed E-state index contributed by atoms with van der Waals surface area (Å²) in [5.74, 6) is 0. The minimum atomic E-state index is -0.491. The number of thiazole rings is 1. The lowest BCUT2D eigenvalue weighted by molar-refractivity contribution is 0.256. The van der Waals surface area contributed by atoms with Crippen LogP contribution in [0.2, 0.25) is 0 Å². The van der Waals surface area contributed by atoms with Crippen LogP contribution in [-0.4, -0.2) is 11.0 Å². The largest absolute Gasteiger partial charge is 0.351 e. The fourth-order valence-electron chi connectivity index (χ4n) is 4.48. The molecule has 0 saturated carbocycles. The molecule has 180 valence electrons. The van der Waals surface area contributed by atoms with Gasteiger partial charge >= 0.3 is 6.03 Å². The van der Waals surface area contributed by atoms with Crippen molar-refractivity contribution in [2.75, 3.05) is 4.90 Å². The van der Waals surface area contributed by atoms with Crippen LogP contribution in [0.1, 0.15) is 43.4 Å². The molecule has 5 nitrogen and oxygen atoms in total. The maximum Gasteiger partial charge on any atom is 0.324 e. The van der Waals surface area contributed by atoms with Crippen molar-refractivity contribution in [1.82, 2.24) is 4.98 Å². The third-order valence-electron chi connectivity index (χ3n) is 6.08. The zero-order valence-electron chi connectivity index (χ0n) is 20.3. The van der Waals surface area contributed by atoms with Crippen LogP contribution in [0.4, 0.5) is 15.5 Å². The Morgan fingerprint density at radius 3 is 2.06 bits per heavy atom. The molecule has 4 rings (SSSR count). The number of nitrogens with two attached hydrogens (primary N) is 2. The summed E-state index contributed by atoms with van der Waals surface area (Å²) in [6.07, 6.45) is 5.49. The molecule has 0 spiro atoms. The van der Waals surface area contributed by atoms with Gasteiger partial charge < -0.3 is 11.5 Å². The van der Waals surface area contributed by atoms with Crippen LogP contribution < -0.4 is 16.4 Å². The second kappa shape index (κ2) is 11.3. The average molecular weight is 485 g/mol. The number of carbonyl (C=O) groups excluding carboxylic acids is 1. The normalized spacial score (nSPS) is 10.9. The number of primary amides is 1. The molecule has 0 saturated heterocycles. The van der Waals surface area contributed by atoms with Crippen molar-refractivity contribution < 1.29 is 4.79 Å². The van der Waals surface area contributed by atoms with Gasteiger partial charge in [-0.1, -0.05) is 105 Å². The van der Waals surface area contributed by atoms with Gasteiger partial charge in [-0.25, -0.2) is 9.78 Å². The zero-order valence-corrected chi connectivity index (χ0v) is 21.1. The summed E-state index contributed by atoms with van der Waals surface area (Å²) in [5, 5.41) is 1.57. The summed E-state index contributed by atoms with van der Waals surface area (Å²) >= 11 is 1.47. The van der Waals surface area contributed by atoms with E-state index in [1.165, 1.54) is 11.3 Å². The summed E-state index contributed by atoms with van der Waals surface area (Å²) in [5.41, 5.74) is 19.4. The highest BCUT2D eigenvalue weighted by Gasteiger charge is 2.24. The van der Waals surface area contributed by atoms with Crippen LogP contribution in [0, 0.1) is 0 Å². The van der Waals surface area contributed by atoms with Crippen molar-refractivity contribution >= 4 is 28.1 Å². The number of aryl methyl sites for hydroxylation is 2. The number of para-hydroxylation sites is 1. The highest BCUT2D eigenvalue weighted by molar-refractivity contribution is 7.19. The quantitative estimate of drug-likeness (QED) is 0.267. The van der Waals surface area contributed by atoms with Gasteiger partial charge in [-0.15, -0.1) is 0 Å². The molecule has 0 bridgehead atoms. The molecule has 0 aliphatic rings. The van der Waals surface area contributed by atoms with Crippen LogP contribution in [0.3, 0.4) is 0 Å². The molecule has 6 heteroatoms. The molecule has 0 unspecified atom stereocenters.